The predicted molar refractivity (Wildman–Crippen MR) is 68.9 cm³/mol. The molecule has 0 radical (unpaired) electrons. The highest BCUT2D eigenvalue weighted by atomic mass is 16.4. The second-order valence-corrected chi connectivity index (χ2v) is 4.45. The van der Waals surface area contributed by atoms with Crippen molar-refractivity contribution in [1.29, 1.82) is 0 Å². The van der Waals surface area contributed by atoms with Crippen molar-refractivity contribution < 1.29 is 14.7 Å². The Kier molecular flexibility index (Phi) is 5.91. The molecule has 4 heteroatoms. The molecule has 1 amide bonds. The molecule has 4 nitrogen and oxygen atoms in total. The van der Waals surface area contributed by atoms with Crippen LogP contribution in [-0.2, 0) is 16.0 Å². The summed E-state index contributed by atoms with van der Waals surface area (Å²) in [5.74, 6) is -0.913. The van der Waals surface area contributed by atoms with Gasteiger partial charge in [-0.2, -0.15) is 0 Å². The molecule has 0 heterocycles. The molecule has 1 aliphatic carbocycles. The van der Waals surface area contributed by atoms with Crippen molar-refractivity contribution in [2.24, 2.45) is 11.7 Å². The number of hydrogen-bond acceptors (Lipinski definition) is 2. The molecule has 18 heavy (non-hydrogen) atoms. The molecule has 1 fully saturated rings. The first kappa shape index (κ1) is 14.2. The Labute approximate surface area is 107 Å². The largest absolute Gasteiger partial charge is 0.481 e. The van der Waals surface area contributed by atoms with E-state index >= 15 is 0 Å². The fourth-order valence-electron chi connectivity index (χ4n) is 1.97. The highest BCUT2D eigenvalue weighted by molar-refractivity contribution is 5.76. The lowest BCUT2D eigenvalue weighted by atomic mass is 10.1. The van der Waals surface area contributed by atoms with Gasteiger partial charge in [-0.05, 0) is 18.4 Å². The maximum absolute atomic E-state index is 10.4. The molecule has 1 saturated carbocycles. The number of hydrogen-bond donors (Lipinski definition) is 2. The van der Waals surface area contributed by atoms with Crippen LogP contribution in [0.2, 0.25) is 0 Å². The maximum Gasteiger partial charge on any atom is 0.306 e. The van der Waals surface area contributed by atoms with Crippen molar-refractivity contribution in [3.05, 3.63) is 35.9 Å². The zero-order valence-electron chi connectivity index (χ0n) is 10.3. The molecule has 1 aromatic carbocycles. The minimum atomic E-state index is -0.609. The molecule has 0 unspecified atom stereocenters. The SMILES string of the molecule is NC(=O)Cc1ccccc1.O=C(O)C1CCCC1. The summed E-state index contributed by atoms with van der Waals surface area (Å²) in [7, 11) is 0. The van der Waals surface area contributed by atoms with E-state index in [0.717, 1.165) is 31.2 Å². The molecule has 98 valence electrons. The van der Waals surface area contributed by atoms with Gasteiger partial charge in [0.25, 0.3) is 0 Å². The Hall–Kier alpha value is -1.84. The van der Waals surface area contributed by atoms with E-state index in [1.54, 1.807) is 0 Å². The van der Waals surface area contributed by atoms with Gasteiger partial charge in [-0.3, -0.25) is 9.59 Å². The average molecular weight is 249 g/mol. The van der Waals surface area contributed by atoms with Gasteiger partial charge in [0.2, 0.25) is 5.91 Å². The molecule has 0 spiro atoms. The Morgan fingerprint density at radius 3 is 2.11 bits per heavy atom. The van der Waals surface area contributed by atoms with E-state index in [2.05, 4.69) is 0 Å². The van der Waals surface area contributed by atoms with Crippen LogP contribution < -0.4 is 5.73 Å². The molecule has 3 N–H and O–H groups in total. The summed E-state index contributed by atoms with van der Waals surface area (Å²) in [5.41, 5.74) is 5.95. The van der Waals surface area contributed by atoms with Crippen LogP contribution in [0.4, 0.5) is 0 Å². The molecule has 0 aromatic heterocycles. The average Bonchev–Trinajstić information content (AvgIpc) is 2.84. The standard InChI is InChI=1S/C8H9NO.C6H10O2/c9-8(10)6-7-4-2-1-3-5-7;7-6(8)5-3-1-2-4-5/h1-5H,6H2,(H2,9,10);5H,1-4H2,(H,7,8). The molecule has 0 bridgehead atoms. The van der Waals surface area contributed by atoms with E-state index in [9.17, 15) is 9.59 Å². The molecule has 0 atom stereocenters. The van der Waals surface area contributed by atoms with Gasteiger partial charge in [-0.1, -0.05) is 43.2 Å². The van der Waals surface area contributed by atoms with Crippen LogP contribution in [0, 0.1) is 5.92 Å². The Bertz CT molecular complexity index is 383. The topological polar surface area (TPSA) is 80.4 Å². The normalized spacial score (nSPS) is 14.7. The Morgan fingerprint density at radius 1 is 1.17 bits per heavy atom. The first-order valence-corrected chi connectivity index (χ1v) is 6.14. The summed E-state index contributed by atoms with van der Waals surface area (Å²) in [6, 6.07) is 9.44. The van der Waals surface area contributed by atoms with Gasteiger partial charge in [0.15, 0.2) is 0 Å². The van der Waals surface area contributed by atoms with Crippen molar-refractivity contribution in [3.8, 4) is 0 Å². The lowest BCUT2D eigenvalue weighted by molar-refractivity contribution is -0.141. The lowest BCUT2D eigenvalue weighted by Crippen LogP contribution is -2.13. The number of carboxylic acid groups (broad SMARTS) is 1. The number of nitrogens with two attached hydrogens (primary N) is 1. The molecular formula is C14H19NO3. The second kappa shape index (κ2) is 7.48. The molecule has 0 saturated heterocycles. The fourth-order valence-corrected chi connectivity index (χ4v) is 1.97. The number of carbonyl (C=O) groups excluding carboxylic acids is 1. The van der Waals surface area contributed by atoms with Gasteiger partial charge in [-0.15, -0.1) is 0 Å². The highest BCUT2D eigenvalue weighted by Crippen LogP contribution is 2.24. The van der Waals surface area contributed by atoms with Gasteiger partial charge >= 0.3 is 5.97 Å². The van der Waals surface area contributed by atoms with Crippen molar-refractivity contribution in [2.75, 3.05) is 0 Å². The third-order valence-corrected chi connectivity index (χ3v) is 2.93. The van der Waals surface area contributed by atoms with Crippen molar-refractivity contribution in [3.63, 3.8) is 0 Å². The number of rotatable bonds is 3. The highest BCUT2D eigenvalue weighted by Gasteiger charge is 2.20. The summed E-state index contributed by atoms with van der Waals surface area (Å²) in [4.78, 5) is 20.6. The van der Waals surface area contributed by atoms with Crippen LogP contribution in [0.5, 0.6) is 0 Å². The predicted octanol–water partition coefficient (Wildman–Crippen LogP) is 1.98. The molecule has 1 aromatic rings. The summed E-state index contributed by atoms with van der Waals surface area (Å²) in [6.07, 6.45) is 4.35. The van der Waals surface area contributed by atoms with Crippen molar-refractivity contribution >= 4 is 11.9 Å². The Morgan fingerprint density at radius 2 is 1.72 bits per heavy atom. The van der Waals surface area contributed by atoms with E-state index < -0.39 is 5.97 Å². The quantitative estimate of drug-likeness (QED) is 0.859. The molecule has 1 aliphatic rings. The van der Waals surface area contributed by atoms with Gasteiger partial charge < -0.3 is 10.8 Å². The van der Waals surface area contributed by atoms with E-state index in [4.69, 9.17) is 10.8 Å². The number of primary amides is 1. The summed E-state index contributed by atoms with van der Waals surface area (Å²) >= 11 is 0. The minimum Gasteiger partial charge on any atom is -0.481 e. The number of carboxylic acids is 1. The summed E-state index contributed by atoms with van der Waals surface area (Å²) in [5, 5.41) is 8.41. The zero-order valence-corrected chi connectivity index (χ0v) is 10.3. The van der Waals surface area contributed by atoms with E-state index in [-0.39, 0.29) is 11.8 Å². The van der Waals surface area contributed by atoms with Crippen LogP contribution in [0.1, 0.15) is 31.2 Å². The summed E-state index contributed by atoms with van der Waals surface area (Å²) in [6.45, 7) is 0. The van der Waals surface area contributed by atoms with E-state index in [1.807, 2.05) is 30.3 Å². The lowest BCUT2D eigenvalue weighted by Gasteiger charge is -1.97. The van der Waals surface area contributed by atoms with Crippen LogP contribution in [0.25, 0.3) is 0 Å². The molecule has 0 aliphatic heterocycles. The summed E-state index contributed by atoms with van der Waals surface area (Å²) < 4.78 is 0. The van der Waals surface area contributed by atoms with Gasteiger partial charge in [0.1, 0.15) is 0 Å². The van der Waals surface area contributed by atoms with E-state index in [0.29, 0.717) is 6.42 Å². The Balaban J connectivity index is 0.000000184. The fraction of sp³-hybridized carbons (Fsp3) is 0.429. The minimum absolute atomic E-state index is 0.0185. The van der Waals surface area contributed by atoms with Crippen molar-refractivity contribution in [2.45, 2.75) is 32.1 Å². The van der Waals surface area contributed by atoms with Crippen LogP contribution in [0.15, 0.2) is 30.3 Å². The van der Waals surface area contributed by atoms with Gasteiger partial charge in [0.05, 0.1) is 12.3 Å². The molecular weight excluding hydrogens is 230 g/mol. The van der Waals surface area contributed by atoms with E-state index in [1.165, 1.54) is 0 Å². The number of carbonyl (C=O) groups is 2. The number of aliphatic carboxylic acids is 1. The van der Waals surface area contributed by atoms with Gasteiger partial charge in [0, 0.05) is 0 Å². The third kappa shape index (κ3) is 5.48. The van der Waals surface area contributed by atoms with Crippen LogP contribution >= 0.6 is 0 Å². The van der Waals surface area contributed by atoms with Crippen molar-refractivity contribution in [1.82, 2.24) is 0 Å². The zero-order chi connectivity index (χ0) is 13.4. The van der Waals surface area contributed by atoms with Crippen LogP contribution in [-0.4, -0.2) is 17.0 Å². The van der Waals surface area contributed by atoms with Crippen LogP contribution in [0.3, 0.4) is 0 Å². The first-order chi connectivity index (χ1) is 8.59. The number of benzene rings is 1. The second-order valence-electron chi connectivity index (χ2n) is 4.45. The monoisotopic (exact) mass is 249 g/mol. The smallest absolute Gasteiger partial charge is 0.306 e. The first-order valence-electron chi connectivity index (χ1n) is 6.14. The third-order valence-electron chi connectivity index (χ3n) is 2.93. The maximum atomic E-state index is 10.4. The molecule has 2 rings (SSSR count). The van der Waals surface area contributed by atoms with Gasteiger partial charge in [-0.25, -0.2) is 0 Å². The number of amides is 1.